The molecular weight excluding hydrogens is 338 g/mol. The smallest absolute Gasteiger partial charge is 0.220 e. The molecule has 2 unspecified atom stereocenters. The van der Waals surface area contributed by atoms with Crippen LogP contribution in [0.15, 0.2) is 52.3 Å². The molecule has 2 aliphatic rings. The Hall–Kier alpha value is -1.45. The molecule has 1 fully saturated rings. The van der Waals surface area contributed by atoms with Crippen molar-refractivity contribution >= 4 is 29.3 Å². The topological polar surface area (TPSA) is 29.1 Å². The van der Waals surface area contributed by atoms with E-state index in [0.29, 0.717) is 6.42 Å². The van der Waals surface area contributed by atoms with Gasteiger partial charge in [0.05, 0.1) is 0 Å². The van der Waals surface area contributed by atoms with Crippen molar-refractivity contribution in [3.63, 3.8) is 0 Å². The van der Waals surface area contributed by atoms with Gasteiger partial charge in [0.15, 0.2) is 0 Å². The van der Waals surface area contributed by atoms with Crippen LogP contribution in [0, 0.1) is 0 Å². The standard InChI is InChI=1S/C20H20ClNOS/c1-20-11-10-19(23)22-18(20)9-2-13-12-16(7-8-17(13)20)24-15-5-3-14(21)4-6-15/h3-8,12,18H,2,9-11H2,1H3,(H,22,23). The molecular formula is C20H20ClNOS. The second kappa shape index (κ2) is 6.12. The third kappa shape index (κ3) is 2.84. The second-order valence-electron chi connectivity index (χ2n) is 6.95. The van der Waals surface area contributed by atoms with Gasteiger partial charge in [-0.2, -0.15) is 0 Å². The molecule has 0 radical (unpaired) electrons. The monoisotopic (exact) mass is 357 g/mol. The number of amides is 1. The van der Waals surface area contributed by atoms with Crippen molar-refractivity contribution in [2.24, 2.45) is 0 Å². The Morgan fingerprint density at radius 2 is 1.88 bits per heavy atom. The van der Waals surface area contributed by atoms with Gasteiger partial charge in [-0.3, -0.25) is 4.79 Å². The highest BCUT2D eigenvalue weighted by Gasteiger charge is 2.43. The molecule has 2 atom stereocenters. The van der Waals surface area contributed by atoms with E-state index < -0.39 is 0 Å². The number of aryl methyl sites for hydroxylation is 1. The quantitative estimate of drug-likeness (QED) is 0.821. The van der Waals surface area contributed by atoms with Crippen LogP contribution >= 0.6 is 23.4 Å². The lowest BCUT2D eigenvalue weighted by atomic mass is 9.64. The maximum atomic E-state index is 11.7. The zero-order chi connectivity index (χ0) is 16.7. The third-order valence-corrected chi connectivity index (χ3v) is 6.67. The van der Waals surface area contributed by atoms with E-state index in [1.54, 1.807) is 11.8 Å². The highest BCUT2D eigenvalue weighted by molar-refractivity contribution is 7.99. The van der Waals surface area contributed by atoms with E-state index in [0.717, 1.165) is 24.3 Å². The maximum Gasteiger partial charge on any atom is 0.220 e. The van der Waals surface area contributed by atoms with Crippen LogP contribution in [0.4, 0.5) is 0 Å². The summed E-state index contributed by atoms with van der Waals surface area (Å²) in [5, 5.41) is 3.97. The van der Waals surface area contributed by atoms with Crippen LogP contribution in [-0.2, 0) is 16.6 Å². The number of piperidine rings is 1. The number of hydrogen-bond acceptors (Lipinski definition) is 2. The number of fused-ring (bicyclic) bond motifs is 3. The molecule has 2 aromatic carbocycles. The molecule has 1 amide bonds. The molecule has 0 spiro atoms. The van der Waals surface area contributed by atoms with Crippen LogP contribution in [0.25, 0.3) is 0 Å². The Morgan fingerprint density at radius 3 is 2.67 bits per heavy atom. The maximum absolute atomic E-state index is 11.7. The van der Waals surface area contributed by atoms with E-state index in [4.69, 9.17) is 11.6 Å². The third-order valence-electron chi connectivity index (χ3n) is 5.42. The van der Waals surface area contributed by atoms with Gasteiger partial charge in [-0.15, -0.1) is 0 Å². The van der Waals surface area contributed by atoms with Crippen LogP contribution < -0.4 is 5.32 Å². The van der Waals surface area contributed by atoms with E-state index in [2.05, 4.69) is 42.6 Å². The van der Waals surface area contributed by atoms with Crippen LogP contribution in [0.1, 0.15) is 37.3 Å². The minimum atomic E-state index is 0.0744. The Morgan fingerprint density at radius 1 is 1.12 bits per heavy atom. The molecule has 0 saturated carbocycles. The van der Waals surface area contributed by atoms with Gasteiger partial charge in [-0.05, 0) is 66.8 Å². The van der Waals surface area contributed by atoms with E-state index in [9.17, 15) is 4.79 Å². The molecule has 1 heterocycles. The first-order chi connectivity index (χ1) is 11.5. The average molecular weight is 358 g/mol. The first-order valence-electron chi connectivity index (χ1n) is 8.41. The summed E-state index contributed by atoms with van der Waals surface area (Å²) in [6, 6.07) is 15.1. The molecule has 0 bridgehead atoms. The summed E-state index contributed by atoms with van der Waals surface area (Å²) in [4.78, 5) is 14.2. The summed E-state index contributed by atoms with van der Waals surface area (Å²) in [5.74, 6) is 0.204. The summed E-state index contributed by atoms with van der Waals surface area (Å²) < 4.78 is 0. The highest BCUT2D eigenvalue weighted by atomic mass is 35.5. The van der Waals surface area contributed by atoms with E-state index >= 15 is 0 Å². The van der Waals surface area contributed by atoms with Gasteiger partial charge in [-0.1, -0.05) is 36.4 Å². The van der Waals surface area contributed by atoms with Gasteiger partial charge in [0.25, 0.3) is 0 Å². The fourth-order valence-corrected chi connectivity index (χ4v) is 5.03. The summed E-state index contributed by atoms with van der Waals surface area (Å²) in [6.45, 7) is 2.31. The molecule has 1 saturated heterocycles. The Kier molecular flexibility index (Phi) is 4.09. The number of rotatable bonds is 2. The summed E-state index contributed by atoms with van der Waals surface area (Å²) in [7, 11) is 0. The zero-order valence-electron chi connectivity index (χ0n) is 13.6. The average Bonchev–Trinajstić information content (AvgIpc) is 2.58. The first kappa shape index (κ1) is 16.0. The van der Waals surface area contributed by atoms with Crippen molar-refractivity contribution < 1.29 is 4.79 Å². The lowest BCUT2D eigenvalue weighted by Crippen LogP contribution is -2.55. The minimum Gasteiger partial charge on any atom is -0.352 e. The lowest BCUT2D eigenvalue weighted by molar-refractivity contribution is -0.125. The summed E-state index contributed by atoms with van der Waals surface area (Å²) >= 11 is 7.73. The van der Waals surface area contributed by atoms with Gasteiger partial charge < -0.3 is 5.32 Å². The van der Waals surface area contributed by atoms with Gasteiger partial charge in [-0.25, -0.2) is 0 Å². The van der Waals surface area contributed by atoms with Crippen LogP contribution in [0.2, 0.25) is 5.02 Å². The SMILES string of the molecule is CC12CCC(=O)NC1CCc1cc(Sc3ccc(Cl)cc3)ccc12. The van der Waals surface area contributed by atoms with E-state index in [-0.39, 0.29) is 17.4 Å². The summed E-state index contributed by atoms with van der Waals surface area (Å²) in [6.07, 6.45) is 3.64. The van der Waals surface area contributed by atoms with Crippen molar-refractivity contribution in [3.05, 3.63) is 58.6 Å². The Labute approximate surface area is 152 Å². The molecule has 1 aliphatic carbocycles. The molecule has 4 rings (SSSR count). The predicted molar refractivity (Wildman–Crippen MR) is 98.9 cm³/mol. The van der Waals surface area contributed by atoms with Crippen molar-refractivity contribution in [2.45, 2.75) is 53.9 Å². The number of hydrogen-bond donors (Lipinski definition) is 1. The highest BCUT2D eigenvalue weighted by Crippen LogP contribution is 2.44. The number of benzene rings is 2. The molecule has 1 N–H and O–H groups in total. The van der Waals surface area contributed by atoms with E-state index in [1.165, 1.54) is 20.9 Å². The molecule has 24 heavy (non-hydrogen) atoms. The second-order valence-corrected chi connectivity index (χ2v) is 8.53. The fourth-order valence-electron chi connectivity index (χ4n) is 4.02. The van der Waals surface area contributed by atoms with Gasteiger partial charge in [0.1, 0.15) is 0 Å². The molecule has 1 aliphatic heterocycles. The molecule has 124 valence electrons. The number of nitrogens with one attached hydrogen (secondary N) is 1. The van der Waals surface area contributed by atoms with Crippen LogP contribution in [-0.4, -0.2) is 11.9 Å². The van der Waals surface area contributed by atoms with Crippen molar-refractivity contribution in [3.8, 4) is 0 Å². The number of halogens is 1. The van der Waals surface area contributed by atoms with Crippen molar-refractivity contribution in [1.29, 1.82) is 0 Å². The lowest BCUT2D eigenvalue weighted by Gasteiger charge is -2.46. The van der Waals surface area contributed by atoms with Gasteiger partial charge >= 0.3 is 0 Å². The molecule has 0 aromatic heterocycles. The minimum absolute atomic E-state index is 0.0744. The number of carbonyl (C=O) groups excluding carboxylic acids is 1. The molecule has 2 aromatic rings. The van der Waals surface area contributed by atoms with Gasteiger partial charge in [0, 0.05) is 32.7 Å². The van der Waals surface area contributed by atoms with Crippen LogP contribution in [0.5, 0.6) is 0 Å². The van der Waals surface area contributed by atoms with Crippen LogP contribution in [0.3, 0.4) is 0 Å². The largest absolute Gasteiger partial charge is 0.352 e. The fraction of sp³-hybridized carbons (Fsp3) is 0.350. The van der Waals surface area contributed by atoms with Crippen molar-refractivity contribution in [2.75, 3.05) is 0 Å². The Balaban J connectivity index is 1.62. The van der Waals surface area contributed by atoms with Crippen molar-refractivity contribution in [1.82, 2.24) is 5.32 Å². The zero-order valence-corrected chi connectivity index (χ0v) is 15.2. The molecule has 2 nitrogen and oxygen atoms in total. The van der Waals surface area contributed by atoms with Gasteiger partial charge in [0.2, 0.25) is 5.91 Å². The Bertz CT molecular complexity index is 789. The molecule has 4 heteroatoms. The first-order valence-corrected chi connectivity index (χ1v) is 9.60. The predicted octanol–water partition coefficient (Wildman–Crippen LogP) is 4.97. The van der Waals surface area contributed by atoms with E-state index in [1.807, 2.05) is 12.1 Å². The summed E-state index contributed by atoms with van der Waals surface area (Å²) in [5.41, 5.74) is 2.92. The normalized spacial score (nSPS) is 25.6. The number of carbonyl (C=O) groups is 1.